The third kappa shape index (κ3) is 4.76. The molecule has 0 N–H and O–H groups in total. The van der Waals surface area contributed by atoms with Gasteiger partial charge in [0.25, 0.3) is 0 Å². The van der Waals surface area contributed by atoms with Crippen LogP contribution in [0.2, 0.25) is 0 Å². The number of nitrogens with zero attached hydrogens (tertiary/aromatic N) is 3. The average Bonchev–Trinajstić information content (AvgIpc) is 3.02. The van der Waals surface area contributed by atoms with Crippen LogP contribution in [0.25, 0.3) is 0 Å². The summed E-state index contributed by atoms with van der Waals surface area (Å²) in [6.45, 7) is 7.25. The Morgan fingerprint density at radius 3 is 2.88 bits per heavy atom. The second-order valence-corrected chi connectivity index (χ2v) is 8.62. The highest BCUT2D eigenvalue weighted by molar-refractivity contribution is 7.98. The molecule has 0 radical (unpaired) electrons. The number of piperidine rings is 1. The Morgan fingerprint density at radius 2 is 2.16 bits per heavy atom. The van der Waals surface area contributed by atoms with Crippen molar-refractivity contribution in [1.82, 2.24) is 14.8 Å². The molecular formula is C20H31N3OS. The number of aromatic nitrogens is 1. The number of pyridine rings is 1. The van der Waals surface area contributed by atoms with Gasteiger partial charge >= 0.3 is 0 Å². The molecule has 1 spiro atoms. The lowest BCUT2D eigenvalue weighted by molar-refractivity contribution is -0.134. The van der Waals surface area contributed by atoms with Crippen molar-refractivity contribution in [2.75, 3.05) is 38.2 Å². The van der Waals surface area contributed by atoms with E-state index < -0.39 is 0 Å². The zero-order valence-electron chi connectivity index (χ0n) is 15.7. The normalized spacial score (nSPS) is 24.2. The molecule has 2 saturated heterocycles. The van der Waals surface area contributed by atoms with E-state index in [-0.39, 0.29) is 0 Å². The maximum absolute atomic E-state index is 12.4. The van der Waals surface area contributed by atoms with Crippen LogP contribution in [0.15, 0.2) is 18.3 Å². The van der Waals surface area contributed by atoms with Crippen molar-refractivity contribution in [2.45, 2.75) is 45.6 Å². The topological polar surface area (TPSA) is 36.4 Å². The van der Waals surface area contributed by atoms with E-state index in [0.717, 1.165) is 57.0 Å². The van der Waals surface area contributed by atoms with Gasteiger partial charge in [0, 0.05) is 50.0 Å². The highest BCUT2D eigenvalue weighted by Crippen LogP contribution is 2.39. The number of carbonyl (C=O) groups is 1. The molecule has 0 bridgehead atoms. The highest BCUT2D eigenvalue weighted by Gasteiger charge is 2.42. The minimum absolute atomic E-state index is 0.316. The first kappa shape index (κ1) is 18.7. The summed E-state index contributed by atoms with van der Waals surface area (Å²) < 4.78 is 0. The minimum atomic E-state index is 0.316. The Morgan fingerprint density at radius 1 is 1.28 bits per heavy atom. The van der Waals surface area contributed by atoms with E-state index in [9.17, 15) is 4.79 Å². The van der Waals surface area contributed by atoms with Gasteiger partial charge in [0.1, 0.15) is 0 Å². The summed E-state index contributed by atoms with van der Waals surface area (Å²) >= 11 is 1.76. The van der Waals surface area contributed by atoms with Gasteiger partial charge in [-0.1, -0.05) is 13.0 Å². The smallest absolute Gasteiger partial charge is 0.223 e. The monoisotopic (exact) mass is 361 g/mol. The van der Waals surface area contributed by atoms with Crippen LogP contribution in [0, 0.1) is 5.41 Å². The lowest BCUT2D eigenvalue weighted by atomic mass is 9.79. The van der Waals surface area contributed by atoms with Gasteiger partial charge < -0.3 is 4.90 Å². The van der Waals surface area contributed by atoms with Gasteiger partial charge in [-0.3, -0.25) is 14.7 Å². The van der Waals surface area contributed by atoms with E-state index >= 15 is 0 Å². The molecule has 1 amide bonds. The maximum atomic E-state index is 12.4. The number of aryl methyl sites for hydroxylation is 1. The number of thioether (sulfide) groups is 1. The molecule has 2 aliphatic rings. The van der Waals surface area contributed by atoms with Crippen molar-refractivity contribution in [3.63, 3.8) is 0 Å². The highest BCUT2D eigenvalue weighted by atomic mass is 32.2. The molecule has 4 nitrogen and oxygen atoms in total. The van der Waals surface area contributed by atoms with Crippen molar-refractivity contribution in [3.05, 3.63) is 29.6 Å². The molecule has 1 aromatic heterocycles. The van der Waals surface area contributed by atoms with Crippen LogP contribution in [0.3, 0.4) is 0 Å². The molecule has 0 aromatic carbocycles. The van der Waals surface area contributed by atoms with Crippen molar-refractivity contribution in [1.29, 1.82) is 0 Å². The van der Waals surface area contributed by atoms with Crippen LogP contribution in [0.1, 0.15) is 43.9 Å². The first-order valence-corrected chi connectivity index (χ1v) is 11.0. The largest absolute Gasteiger partial charge is 0.342 e. The number of carbonyl (C=O) groups excluding carboxylic acids is 1. The number of rotatable bonds is 6. The minimum Gasteiger partial charge on any atom is -0.342 e. The molecule has 25 heavy (non-hydrogen) atoms. The summed E-state index contributed by atoms with van der Waals surface area (Å²) in [6, 6.07) is 4.36. The fourth-order valence-electron chi connectivity index (χ4n) is 4.25. The Balaban J connectivity index is 1.55. The van der Waals surface area contributed by atoms with Crippen LogP contribution in [0.4, 0.5) is 0 Å². The predicted octanol–water partition coefficient (Wildman–Crippen LogP) is 3.21. The van der Waals surface area contributed by atoms with Gasteiger partial charge in [-0.25, -0.2) is 0 Å². The van der Waals surface area contributed by atoms with Crippen molar-refractivity contribution >= 4 is 17.7 Å². The predicted molar refractivity (Wildman–Crippen MR) is 105 cm³/mol. The van der Waals surface area contributed by atoms with Crippen LogP contribution in [-0.2, 0) is 17.8 Å². The summed E-state index contributed by atoms with van der Waals surface area (Å²) in [5, 5.41) is 0. The summed E-state index contributed by atoms with van der Waals surface area (Å²) in [5.41, 5.74) is 2.78. The summed E-state index contributed by atoms with van der Waals surface area (Å²) in [7, 11) is 0. The summed E-state index contributed by atoms with van der Waals surface area (Å²) in [6.07, 6.45) is 9.44. The molecule has 2 aliphatic heterocycles. The lowest BCUT2D eigenvalue weighted by Gasteiger charge is -2.40. The first-order chi connectivity index (χ1) is 12.1. The third-order valence-electron chi connectivity index (χ3n) is 5.73. The van der Waals surface area contributed by atoms with Gasteiger partial charge in [-0.2, -0.15) is 11.8 Å². The lowest BCUT2D eigenvalue weighted by Crippen LogP contribution is -2.47. The molecule has 0 aliphatic carbocycles. The Kier molecular flexibility index (Phi) is 6.39. The average molecular weight is 362 g/mol. The van der Waals surface area contributed by atoms with E-state index in [4.69, 9.17) is 0 Å². The van der Waals surface area contributed by atoms with Crippen LogP contribution in [0.5, 0.6) is 0 Å². The third-order valence-corrected chi connectivity index (χ3v) is 6.34. The quantitative estimate of drug-likeness (QED) is 0.780. The van der Waals surface area contributed by atoms with E-state index in [2.05, 4.69) is 40.1 Å². The Labute approximate surface area is 156 Å². The van der Waals surface area contributed by atoms with Crippen molar-refractivity contribution in [3.8, 4) is 0 Å². The zero-order valence-corrected chi connectivity index (χ0v) is 16.5. The molecule has 3 heterocycles. The number of hydrogen-bond acceptors (Lipinski definition) is 4. The second kappa shape index (κ2) is 8.54. The van der Waals surface area contributed by atoms with E-state index in [1.165, 1.54) is 18.4 Å². The number of amides is 1. The van der Waals surface area contributed by atoms with E-state index in [1.54, 1.807) is 11.8 Å². The molecule has 1 atom stereocenters. The number of likely N-dealkylation sites (tertiary alicyclic amines) is 2. The fourth-order valence-corrected chi connectivity index (χ4v) is 4.63. The van der Waals surface area contributed by atoms with Gasteiger partial charge in [0.15, 0.2) is 0 Å². The standard InChI is InChI=1S/C20H31N3OS/c1-3-17-5-6-18(21-13-17)14-22-11-9-20(15-22)8-4-10-23(16-20)19(24)7-12-25-2/h5-6,13H,3-4,7-12,14-16H2,1-2H3. The molecule has 1 unspecified atom stereocenters. The van der Waals surface area contributed by atoms with Gasteiger partial charge in [-0.15, -0.1) is 0 Å². The van der Waals surface area contributed by atoms with Gasteiger partial charge in [-0.05, 0) is 50.1 Å². The van der Waals surface area contributed by atoms with Crippen LogP contribution >= 0.6 is 11.8 Å². The Hall–Kier alpha value is -1.07. The van der Waals surface area contributed by atoms with Crippen molar-refractivity contribution < 1.29 is 4.79 Å². The molecule has 0 saturated carbocycles. The van der Waals surface area contributed by atoms with Gasteiger partial charge in [0.05, 0.1) is 5.69 Å². The summed E-state index contributed by atoms with van der Waals surface area (Å²) in [4.78, 5) is 21.7. The molecule has 2 fully saturated rings. The molecule has 138 valence electrons. The molecule has 3 rings (SSSR count). The van der Waals surface area contributed by atoms with Crippen LogP contribution in [-0.4, -0.2) is 58.9 Å². The SMILES string of the molecule is CCc1ccc(CN2CCC3(CCCN(C(=O)CCSC)C3)C2)nc1. The van der Waals surface area contributed by atoms with Crippen molar-refractivity contribution in [2.24, 2.45) is 5.41 Å². The van der Waals surface area contributed by atoms with Gasteiger partial charge in [0.2, 0.25) is 5.91 Å². The fraction of sp³-hybridized carbons (Fsp3) is 0.700. The number of hydrogen-bond donors (Lipinski definition) is 0. The van der Waals surface area contributed by atoms with Crippen LogP contribution < -0.4 is 0 Å². The maximum Gasteiger partial charge on any atom is 0.223 e. The summed E-state index contributed by atoms with van der Waals surface area (Å²) in [5.74, 6) is 1.29. The van der Waals surface area contributed by atoms with E-state index in [1.807, 2.05) is 6.20 Å². The second-order valence-electron chi connectivity index (χ2n) is 7.63. The zero-order chi connectivity index (χ0) is 17.7. The molecule has 1 aromatic rings. The van der Waals surface area contributed by atoms with E-state index in [0.29, 0.717) is 17.7 Å². The molecular weight excluding hydrogens is 330 g/mol. The Bertz CT molecular complexity index is 577. The first-order valence-electron chi connectivity index (χ1n) is 9.57. The molecule has 5 heteroatoms.